The van der Waals surface area contributed by atoms with E-state index in [1.807, 2.05) is 27.2 Å². The molecular weight excluding hydrogens is 936 g/mol. The molecule has 8 nitrogen and oxygen atoms in total. The second-order valence-electron chi connectivity index (χ2n) is 23.1. The zero-order valence-corrected chi connectivity index (χ0v) is 50.7. The van der Waals surface area contributed by atoms with E-state index in [0.717, 1.165) is 44.9 Å². The van der Waals surface area contributed by atoms with Crippen LogP contribution in [0.15, 0.2) is 48.6 Å². The van der Waals surface area contributed by atoms with E-state index in [2.05, 4.69) is 55.6 Å². The molecule has 436 valence electrons. The van der Waals surface area contributed by atoms with Gasteiger partial charge in [-0.15, -0.1) is 0 Å². The molecule has 0 aliphatic rings. The third-order valence-corrected chi connectivity index (χ3v) is 15.5. The van der Waals surface area contributed by atoms with E-state index in [-0.39, 0.29) is 19.1 Å². The van der Waals surface area contributed by atoms with Crippen molar-refractivity contribution >= 4 is 13.7 Å². The van der Waals surface area contributed by atoms with Crippen LogP contribution in [0.4, 0.5) is 0 Å². The number of unbranched alkanes of at least 4 members (excludes halogenated alkanes) is 40. The maximum Gasteiger partial charge on any atom is 0.472 e. The summed E-state index contributed by atoms with van der Waals surface area (Å²) in [5.41, 5.74) is 0. The standard InChI is InChI=1S/C65H125N2O6P/c1-6-8-10-12-14-16-18-20-22-24-26-28-30-31-32-33-34-35-37-39-41-43-45-47-49-51-53-55-57-59-65(69)66-63(62-73-74(70,71)72-61-60-67(3,4)5)64(68)58-56-54-52-50-48-46-44-42-40-38-36-29-27-25-23-21-19-17-15-13-11-9-7-2/h24,26,40,42,48,50,56,58,63-64,68H,6-23,25,27-39,41,43-47,49,51-55,57,59-62H2,1-5H3,(H-,66,69,70,71)/p+1/b26-24-,42-40+,50-48+,58-56+. The fourth-order valence-corrected chi connectivity index (χ4v) is 10.2. The highest BCUT2D eigenvalue weighted by Gasteiger charge is 2.27. The topological polar surface area (TPSA) is 105 Å². The number of carbonyl (C=O) groups excluding carboxylic acids is 1. The zero-order chi connectivity index (χ0) is 54.2. The number of likely N-dealkylation sites (N-methyl/N-ethyl adjacent to an activating group) is 1. The second kappa shape index (κ2) is 56.2. The molecule has 9 heteroatoms. The number of rotatable bonds is 59. The predicted octanol–water partition coefficient (Wildman–Crippen LogP) is 19.9. The van der Waals surface area contributed by atoms with E-state index < -0.39 is 20.0 Å². The molecule has 0 aliphatic carbocycles. The van der Waals surface area contributed by atoms with Gasteiger partial charge in [-0.1, -0.05) is 281 Å². The van der Waals surface area contributed by atoms with Gasteiger partial charge in [0.1, 0.15) is 13.2 Å². The van der Waals surface area contributed by atoms with Crippen molar-refractivity contribution in [3.05, 3.63) is 48.6 Å². The highest BCUT2D eigenvalue weighted by atomic mass is 31.2. The monoisotopic (exact) mass is 1060 g/mol. The number of hydrogen-bond donors (Lipinski definition) is 3. The number of quaternary nitrogens is 1. The molecule has 0 aromatic rings. The highest BCUT2D eigenvalue weighted by molar-refractivity contribution is 7.47. The van der Waals surface area contributed by atoms with Crippen molar-refractivity contribution in [1.29, 1.82) is 0 Å². The van der Waals surface area contributed by atoms with Crippen molar-refractivity contribution in [3.8, 4) is 0 Å². The lowest BCUT2D eigenvalue weighted by molar-refractivity contribution is -0.870. The van der Waals surface area contributed by atoms with Crippen molar-refractivity contribution in [2.45, 2.75) is 321 Å². The first kappa shape index (κ1) is 72.5. The van der Waals surface area contributed by atoms with Crippen LogP contribution in [0.2, 0.25) is 0 Å². The molecule has 0 saturated heterocycles. The maximum absolute atomic E-state index is 13.0. The molecule has 1 amide bonds. The maximum atomic E-state index is 13.0. The van der Waals surface area contributed by atoms with Crippen LogP contribution in [0.1, 0.15) is 309 Å². The molecule has 3 atom stereocenters. The molecule has 0 aliphatic heterocycles. The van der Waals surface area contributed by atoms with E-state index in [1.54, 1.807) is 6.08 Å². The second-order valence-corrected chi connectivity index (χ2v) is 24.6. The Morgan fingerprint density at radius 1 is 0.446 bits per heavy atom. The normalized spacial score (nSPS) is 14.1. The molecule has 3 unspecified atom stereocenters. The third kappa shape index (κ3) is 58.1. The van der Waals surface area contributed by atoms with Gasteiger partial charge in [0.2, 0.25) is 5.91 Å². The summed E-state index contributed by atoms with van der Waals surface area (Å²) in [6.45, 7) is 4.83. The molecule has 74 heavy (non-hydrogen) atoms. The molecule has 0 aromatic carbocycles. The van der Waals surface area contributed by atoms with Crippen molar-refractivity contribution < 1.29 is 32.9 Å². The van der Waals surface area contributed by atoms with E-state index >= 15 is 0 Å². The van der Waals surface area contributed by atoms with Crippen LogP contribution < -0.4 is 5.32 Å². The zero-order valence-electron chi connectivity index (χ0n) is 49.8. The first-order chi connectivity index (χ1) is 36.0. The Morgan fingerprint density at radius 3 is 1.08 bits per heavy atom. The number of amides is 1. The molecule has 0 saturated carbocycles. The van der Waals surface area contributed by atoms with Gasteiger partial charge in [-0.2, -0.15) is 0 Å². The third-order valence-electron chi connectivity index (χ3n) is 14.5. The van der Waals surface area contributed by atoms with Crippen molar-refractivity contribution in [2.75, 3.05) is 40.9 Å². The lowest BCUT2D eigenvalue weighted by atomic mass is 10.0. The van der Waals surface area contributed by atoms with Crippen LogP contribution in [-0.2, 0) is 18.4 Å². The molecule has 0 aromatic heterocycles. The summed E-state index contributed by atoms with van der Waals surface area (Å²) in [5.74, 6) is -0.186. The molecule has 0 spiro atoms. The summed E-state index contributed by atoms with van der Waals surface area (Å²) in [6, 6.07) is -0.870. The quantitative estimate of drug-likeness (QED) is 0.0243. The van der Waals surface area contributed by atoms with Crippen molar-refractivity contribution in [3.63, 3.8) is 0 Å². The molecule has 0 fully saturated rings. The summed E-state index contributed by atoms with van der Waals surface area (Å²) in [5, 5.41) is 13.9. The fourth-order valence-electron chi connectivity index (χ4n) is 9.48. The van der Waals surface area contributed by atoms with Gasteiger partial charge in [0.15, 0.2) is 0 Å². The lowest BCUT2D eigenvalue weighted by Crippen LogP contribution is -2.45. The van der Waals surface area contributed by atoms with Crippen LogP contribution in [-0.4, -0.2) is 73.4 Å². The summed E-state index contributed by atoms with van der Waals surface area (Å²) >= 11 is 0. The van der Waals surface area contributed by atoms with Gasteiger partial charge < -0.3 is 19.8 Å². The first-order valence-corrected chi connectivity index (χ1v) is 33.5. The largest absolute Gasteiger partial charge is 0.472 e. The summed E-state index contributed by atoms with van der Waals surface area (Å²) in [7, 11) is 1.56. The molecular formula is C65H126N2O6P+. The van der Waals surface area contributed by atoms with Crippen molar-refractivity contribution in [1.82, 2.24) is 5.32 Å². The van der Waals surface area contributed by atoms with Gasteiger partial charge in [0, 0.05) is 6.42 Å². The van der Waals surface area contributed by atoms with Crippen LogP contribution in [0.25, 0.3) is 0 Å². The van der Waals surface area contributed by atoms with E-state index in [9.17, 15) is 19.4 Å². The minimum Gasteiger partial charge on any atom is -0.387 e. The van der Waals surface area contributed by atoms with Crippen LogP contribution in [0, 0.1) is 0 Å². The minimum absolute atomic E-state index is 0.0541. The Hall–Kier alpha value is -1.54. The number of allylic oxidation sites excluding steroid dienone is 7. The number of phosphoric acid groups is 1. The number of aliphatic hydroxyl groups excluding tert-OH is 1. The lowest BCUT2D eigenvalue weighted by Gasteiger charge is -2.25. The van der Waals surface area contributed by atoms with Gasteiger partial charge >= 0.3 is 7.82 Å². The van der Waals surface area contributed by atoms with Gasteiger partial charge in [-0.25, -0.2) is 4.57 Å². The minimum atomic E-state index is -4.36. The van der Waals surface area contributed by atoms with E-state index in [4.69, 9.17) is 9.05 Å². The Balaban J connectivity index is 4.16. The van der Waals surface area contributed by atoms with Crippen molar-refractivity contribution in [2.24, 2.45) is 0 Å². The van der Waals surface area contributed by atoms with E-state index in [1.165, 1.54) is 244 Å². The Labute approximate surface area is 460 Å². The Morgan fingerprint density at radius 2 is 0.743 bits per heavy atom. The molecule has 0 radical (unpaired) electrons. The average Bonchev–Trinajstić information content (AvgIpc) is 3.36. The van der Waals surface area contributed by atoms with Gasteiger partial charge in [-0.05, 0) is 70.6 Å². The summed E-state index contributed by atoms with van der Waals surface area (Å²) in [6.07, 6.45) is 75.3. The fraction of sp³-hybridized carbons (Fsp3) is 0.862. The Bertz CT molecular complexity index is 1340. The predicted molar refractivity (Wildman–Crippen MR) is 323 cm³/mol. The molecule has 3 N–H and O–H groups in total. The van der Waals surface area contributed by atoms with Gasteiger partial charge in [-0.3, -0.25) is 13.8 Å². The average molecular weight is 1060 g/mol. The number of phosphoric ester groups is 1. The molecule has 0 bridgehead atoms. The van der Waals surface area contributed by atoms with Crippen LogP contribution in [0.5, 0.6) is 0 Å². The number of aliphatic hydroxyl groups is 1. The van der Waals surface area contributed by atoms with Gasteiger partial charge in [0.05, 0.1) is 39.9 Å². The van der Waals surface area contributed by atoms with E-state index in [0.29, 0.717) is 17.4 Å². The summed E-state index contributed by atoms with van der Waals surface area (Å²) < 4.78 is 23.7. The number of hydrogen-bond acceptors (Lipinski definition) is 5. The highest BCUT2D eigenvalue weighted by Crippen LogP contribution is 2.43. The Kier molecular flexibility index (Phi) is 55.0. The molecule has 0 rings (SSSR count). The van der Waals surface area contributed by atoms with Crippen LogP contribution >= 0.6 is 7.82 Å². The number of nitrogens with zero attached hydrogens (tertiary/aromatic N) is 1. The molecule has 0 heterocycles. The van der Waals surface area contributed by atoms with Gasteiger partial charge in [0.25, 0.3) is 0 Å². The van der Waals surface area contributed by atoms with Crippen LogP contribution in [0.3, 0.4) is 0 Å². The number of nitrogens with one attached hydrogen (secondary N) is 1. The first-order valence-electron chi connectivity index (χ1n) is 32.0. The smallest absolute Gasteiger partial charge is 0.387 e. The SMILES string of the molecule is CCCCCCCCCC/C=C\CCCCCCCCCCCCCCCCCCCC(=O)NC(COP(=O)(O)OCC[N+](C)(C)C)C(O)/C=C/CC/C=C/CC/C=C/CCCCCCCCCCCCCCC. The summed E-state index contributed by atoms with van der Waals surface area (Å²) in [4.78, 5) is 23.4. The number of carbonyl (C=O) groups is 1.